The fourth-order valence-electron chi connectivity index (χ4n) is 1.85. The Kier molecular flexibility index (Phi) is 5.22. The molecule has 1 N–H and O–H groups in total. The number of hydrogen-bond acceptors (Lipinski definition) is 5. The van der Waals surface area contributed by atoms with Gasteiger partial charge in [-0.1, -0.05) is 13.0 Å². The van der Waals surface area contributed by atoms with Gasteiger partial charge in [-0.3, -0.25) is 15.1 Å². The molecule has 0 amide bonds. The van der Waals surface area contributed by atoms with E-state index in [0.29, 0.717) is 6.54 Å². The monoisotopic (exact) mass is 287 g/mol. The summed E-state index contributed by atoms with van der Waals surface area (Å²) in [4.78, 5) is 14.7. The Bertz CT molecular complexity index is 602. The third-order valence-electron chi connectivity index (χ3n) is 2.94. The summed E-state index contributed by atoms with van der Waals surface area (Å²) in [7, 11) is 0. The number of hydrogen-bond donors (Lipinski definition) is 1. The summed E-state index contributed by atoms with van der Waals surface area (Å²) in [5.41, 5.74) is 1.76. The SMILES string of the molecule is CCNCc1ccc(OCc2ccncc2)c([N+](=O)[O-])c1. The van der Waals surface area contributed by atoms with Crippen LogP contribution in [0.3, 0.4) is 0 Å². The Balaban J connectivity index is 2.12. The van der Waals surface area contributed by atoms with Crippen LogP contribution in [0.1, 0.15) is 18.1 Å². The minimum atomic E-state index is -0.419. The molecular weight excluding hydrogens is 270 g/mol. The molecule has 0 atom stereocenters. The first-order valence-electron chi connectivity index (χ1n) is 6.70. The molecule has 2 rings (SSSR count). The third-order valence-corrected chi connectivity index (χ3v) is 2.94. The summed E-state index contributed by atoms with van der Waals surface area (Å²) < 4.78 is 5.55. The summed E-state index contributed by atoms with van der Waals surface area (Å²) >= 11 is 0. The van der Waals surface area contributed by atoms with Crippen LogP contribution in [0.4, 0.5) is 5.69 Å². The van der Waals surface area contributed by atoms with Crippen LogP contribution < -0.4 is 10.1 Å². The molecule has 0 unspecified atom stereocenters. The number of rotatable bonds is 7. The van der Waals surface area contributed by atoms with Crippen LogP contribution in [-0.2, 0) is 13.2 Å². The molecule has 110 valence electrons. The van der Waals surface area contributed by atoms with Gasteiger partial charge in [0.2, 0.25) is 0 Å². The molecule has 0 radical (unpaired) electrons. The molecule has 0 spiro atoms. The van der Waals surface area contributed by atoms with E-state index in [0.717, 1.165) is 17.7 Å². The van der Waals surface area contributed by atoms with Gasteiger partial charge in [0.15, 0.2) is 5.75 Å². The third kappa shape index (κ3) is 4.25. The van der Waals surface area contributed by atoms with Crippen molar-refractivity contribution in [1.82, 2.24) is 10.3 Å². The van der Waals surface area contributed by atoms with Gasteiger partial charge in [0.25, 0.3) is 0 Å². The molecular formula is C15H17N3O3. The van der Waals surface area contributed by atoms with Crippen molar-refractivity contribution in [2.24, 2.45) is 0 Å². The van der Waals surface area contributed by atoms with Gasteiger partial charge in [-0.25, -0.2) is 0 Å². The molecule has 21 heavy (non-hydrogen) atoms. The van der Waals surface area contributed by atoms with Crippen molar-refractivity contribution in [3.8, 4) is 5.75 Å². The lowest BCUT2D eigenvalue weighted by Crippen LogP contribution is -2.12. The van der Waals surface area contributed by atoms with Crippen LogP contribution in [0.25, 0.3) is 0 Å². The summed E-state index contributed by atoms with van der Waals surface area (Å²) in [6.45, 7) is 3.67. The van der Waals surface area contributed by atoms with E-state index in [1.165, 1.54) is 0 Å². The number of nitrogens with zero attached hydrogens (tertiary/aromatic N) is 2. The Labute approximate surface area is 122 Å². The second-order valence-electron chi connectivity index (χ2n) is 4.48. The zero-order valence-corrected chi connectivity index (χ0v) is 11.8. The fraction of sp³-hybridized carbons (Fsp3) is 0.267. The summed E-state index contributed by atoms with van der Waals surface area (Å²) in [5, 5.41) is 14.3. The van der Waals surface area contributed by atoms with Crippen molar-refractivity contribution in [1.29, 1.82) is 0 Å². The standard InChI is InChI=1S/C15H17N3O3/c1-2-16-10-13-3-4-15(14(9-13)18(19)20)21-11-12-5-7-17-8-6-12/h3-9,16H,2,10-11H2,1H3. The van der Waals surface area contributed by atoms with Gasteiger partial charge in [0.1, 0.15) is 6.61 Å². The zero-order chi connectivity index (χ0) is 15.1. The topological polar surface area (TPSA) is 77.3 Å². The van der Waals surface area contributed by atoms with Crippen molar-refractivity contribution in [2.75, 3.05) is 6.54 Å². The predicted octanol–water partition coefficient (Wildman–Crippen LogP) is 2.68. The van der Waals surface area contributed by atoms with E-state index < -0.39 is 4.92 Å². The van der Waals surface area contributed by atoms with Crippen LogP contribution in [0.15, 0.2) is 42.7 Å². The van der Waals surface area contributed by atoms with E-state index in [9.17, 15) is 10.1 Å². The lowest BCUT2D eigenvalue weighted by Gasteiger charge is -2.08. The van der Waals surface area contributed by atoms with E-state index in [1.807, 2.05) is 25.1 Å². The highest BCUT2D eigenvalue weighted by atomic mass is 16.6. The maximum atomic E-state index is 11.2. The number of aromatic nitrogens is 1. The minimum absolute atomic E-state index is 0.0144. The molecule has 0 fully saturated rings. The average Bonchev–Trinajstić information content (AvgIpc) is 2.52. The lowest BCUT2D eigenvalue weighted by molar-refractivity contribution is -0.386. The molecule has 1 aromatic carbocycles. The van der Waals surface area contributed by atoms with Crippen LogP contribution >= 0.6 is 0 Å². The van der Waals surface area contributed by atoms with Gasteiger partial charge >= 0.3 is 5.69 Å². The van der Waals surface area contributed by atoms with Crippen molar-refractivity contribution in [3.63, 3.8) is 0 Å². The first-order valence-corrected chi connectivity index (χ1v) is 6.70. The molecule has 0 aliphatic heterocycles. The Morgan fingerprint density at radius 1 is 1.24 bits per heavy atom. The number of benzene rings is 1. The summed E-state index contributed by atoms with van der Waals surface area (Å²) in [6.07, 6.45) is 3.32. The van der Waals surface area contributed by atoms with Gasteiger partial charge in [0.05, 0.1) is 4.92 Å². The second-order valence-corrected chi connectivity index (χ2v) is 4.48. The lowest BCUT2D eigenvalue weighted by atomic mass is 10.2. The van der Waals surface area contributed by atoms with E-state index in [2.05, 4.69) is 10.3 Å². The Morgan fingerprint density at radius 3 is 2.67 bits per heavy atom. The Hall–Kier alpha value is -2.47. The average molecular weight is 287 g/mol. The molecule has 0 aliphatic rings. The van der Waals surface area contributed by atoms with Crippen molar-refractivity contribution >= 4 is 5.69 Å². The highest BCUT2D eigenvalue weighted by molar-refractivity contribution is 5.48. The summed E-state index contributed by atoms with van der Waals surface area (Å²) in [5.74, 6) is 0.275. The van der Waals surface area contributed by atoms with E-state index in [1.54, 1.807) is 24.5 Å². The molecule has 6 heteroatoms. The van der Waals surface area contributed by atoms with Crippen molar-refractivity contribution in [2.45, 2.75) is 20.1 Å². The molecule has 0 aliphatic carbocycles. The van der Waals surface area contributed by atoms with Gasteiger partial charge in [-0.2, -0.15) is 0 Å². The Morgan fingerprint density at radius 2 is 2.00 bits per heavy atom. The van der Waals surface area contributed by atoms with Crippen LogP contribution in [-0.4, -0.2) is 16.5 Å². The number of nitrogens with one attached hydrogen (secondary N) is 1. The molecule has 1 aromatic heterocycles. The van der Waals surface area contributed by atoms with Crippen molar-refractivity contribution < 1.29 is 9.66 Å². The van der Waals surface area contributed by atoms with Crippen LogP contribution in [0, 0.1) is 10.1 Å². The second kappa shape index (κ2) is 7.35. The fourth-order valence-corrected chi connectivity index (χ4v) is 1.85. The maximum Gasteiger partial charge on any atom is 0.311 e. The number of pyridine rings is 1. The molecule has 0 saturated carbocycles. The molecule has 0 saturated heterocycles. The van der Waals surface area contributed by atoms with E-state index >= 15 is 0 Å². The normalized spacial score (nSPS) is 10.3. The zero-order valence-electron chi connectivity index (χ0n) is 11.8. The summed E-state index contributed by atoms with van der Waals surface area (Å²) in [6, 6.07) is 8.64. The number of nitro benzene ring substituents is 1. The van der Waals surface area contributed by atoms with Gasteiger partial charge in [0, 0.05) is 25.0 Å². The molecule has 0 bridgehead atoms. The van der Waals surface area contributed by atoms with Gasteiger partial charge < -0.3 is 10.1 Å². The first kappa shape index (κ1) is 14.9. The molecule has 2 aromatic rings. The molecule has 6 nitrogen and oxygen atoms in total. The highest BCUT2D eigenvalue weighted by Crippen LogP contribution is 2.28. The largest absolute Gasteiger partial charge is 0.482 e. The minimum Gasteiger partial charge on any atom is -0.482 e. The van der Waals surface area contributed by atoms with E-state index in [-0.39, 0.29) is 18.0 Å². The quantitative estimate of drug-likeness (QED) is 0.625. The number of ether oxygens (including phenoxy) is 1. The smallest absolute Gasteiger partial charge is 0.311 e. The maximum absolute atomic E-state index is 11.2. The number of nitro groups is 1. The van der Waals surface area contributed by atoms with Crippen molar-refractivity contribution in [3.05, 3.63) is 64.0 Å². The van der Waals surface area contributed by atoms with Gasteiger partial charge in [-0.05, 0) is 35.9 Å². The molecule has 1 heterocycles. The predicted molar refractivity (Wildman–Crippen MR) is 79.0 cm³/mol. The first-order chi connectivity index (χ1) is 10.2. The van der Waals surface area contributed by atoms with Crippen LogP contribution in [0.5, 0.6) is 5.75 Å². The van der Waals surface area contributed by atoms with Gasteiger partial charge in [-0.15, -0.1) is 0 Å². The van der Waals surface area contributed by atoms with Crippen LogP contribution in [0.2, 0.25) is 0 Å². The van der Waals surface area contributed by atoms with E-state index in [4.69, 9.17) is 4.74 Å². The highest BCUT2D eigenvalue weighted by Gasteiger charge is 2.16.